The number of hydrogen-bond acceptors (Lipinski definition) is 3. The van der Waals surface area contributed by atoms with Gasteiger partial charge in [-0.1, -0.05) is 0 Å². The summed E-state index contributed by atoms with van der Waals surface area (Å²) in [6.45, 7) is 0. The molecule has 0 fully saturated rings. The standard InChI is InChI=1S/CH5N.H2S2/c2*1-2/h2H2,1H3;1-2H. The number of hydrogen-bond donors (Lipinski definition) is 3. The molecule has 0 aromatic heterocycles. The molecule has 0 aromatic rings. The minimum absolute atomic E-state index is 1.50. The van der Waals surface area contributed by atoms with Crippen molar-refractivity contribution in [3.8, 4) is 0 Å². The Morgan fingerprint density at radius 2 is 1.25 bits per heavy atom. The Balaban J connectivity index is 0. The molecule has 0 saturated carbocycles. The Morgan fingerprint density at radius 3 is 1.25 bits per heavy atom. The van der Waals surface area contributed by atoms with E-state index in [0.29, 0.717) is 0 Å². The number of nitrogens with two attached hydrogens (primary N) is 1. The Bertz CT molecular complexity index is 6.00. The lowest BCUT2D eigenvalue weighted by Gasteiger charge is -1.19. The fraction of sp³-hybridized carbons (Fsp3) is 1.00. The highest BCUT2D eigenvalue weighted by Gasteiger charge is 0.885. The van der Waals surface area contributed by atoms with Gasteiger partial charge in [0.05, 0.1) is 0 Å². The first-order valence-corrected chi connectivity index (χ1v) is 2.38. The van der Waals surface area contributed by atoms with E-state index in [4.69, 9.17) is 0 Å². The highest BCUT2D eigenvalue weighted by atomic mass is 33.1. The molecule has 0 bridgehead atoms. The lowest BCUT2D eigenvalue weighted by atomic mass is 11.6. The first-order valence-electron chi connectivity index (χ1n) is 0.777. The third-order valence-electron chi connectivity index (χ3n) is 0. The summed E-state index contributed by atoms with van der Waals surface area (Å²) in [7, 11) is 1.50. The van der Waals surface area contributed by atoms with Gasteiger partial charge in [0.15, 0.2) is 0 Å². The van der Waals surface area contributed by atoms with E-state index >= 15 is 0 Å². The van der Waals surface area contributed by atoms with Crippen LogP contribution in [-0.4, -0.2) is 7.05 Å². The van der Waals surface area contributed by atoms with Crippen LogP contribution in [0.25, 0.3) is 0 Å². The highest BCUT2D eigenvalue weighted by molar-refractivity contribution is 8.59. The second-order valence-corrected chi connectivity index (χ2v) is 0. The van der Waals surface area contributed by atoms with Gasteiger partial charge in [-0.15, -0.1) is 23.3 Å². The summed E-state index contributed by atoms with van der Waals surface area (Å²) in [5.41, 5.74) is 4.50. The normalized spacial score (nSPS) is 3.00. The van der Waals surface area contributed by atoms with Crippen molar-refractivity contribution < 1.29 is 0 Å². The lowest BCUT2D eigenvalue weighted by molar-refractivity contribution is 1.48. The molecule has 0 aliphatic rings. The monoisotopic (exact) mass is 97.0 g/mol. The van der Waals surface area contributed by atoms with E-state index in [9.17, 15) is 0 Å². The third-order valence-corrected chi connectivity index (χ3v) is 0. The predicted octanol–water partition coefficient (Wildman–Crippen LogP) is 0.336. The molecule has 28 valence electrons. The molecule has 3 heteroatoms. The minimum atomic E-state index is 1.50. The van der Waals surface area contributed by atoms with Crippen LogP contribution in [0.4, 0.5) is 0 Å². The molecule has 0 spiro atoms. The first-order chi connectivity index (χ1) is 2.00. The molecule has 0 aliphatic carbocycles. The molecule has 4 heavy (non-hydrogen) atoms. The van der Waals surface area contributed by atoms with Crippen molar-refractivity contribution in [2.45, 2.75) is 0 Å². The molecule has 0 heterocycles. The van der Waals surface area contributed by atoms with Crippen LogP contribution in [0.1, 0.15) is 0 Å². The SMILES string of the molecule is CN.SS. The van der Waals surface area contributed by atoms with Gasteiger partial charge in [0.25, 0.3) is 0 Å². The maximum Gasteiger partial charge on any atom is -0.0195 e. The zero-order valence-electron chi connectivity index (χ0n) is 2.47. The summed E-state index contributed by atoms with van der Waals surface area (Å²) in [6, 6.07) is 0. The van der Waals surface area contributed by atoms with Gasteiger partial charge in [-0.05, 0) is 7.05 Å². The molecule has 0 aromatic carbocycles. The van der Waals surface area contributed by atoms with Crippen LogP contribution in [0.2, 0.25) is 0 Å². The molecule has 0 radical (unpaired) electrons. The van der Waals surface area contributed by atoms with Gasteiger partial charge in [-0.2, -0.15) is 0 Å². The molecule has 2 N–H and O–H groups in total. The van der Waals surface area contributed by atoms with Gasteiger partial charge < -0.3 is 5.73 Å². The summed E-state index contributed by atoms with van der Waals surface area (Å²) in [4.78, 5) is 0. The van der Waals surface area contributed by atoms with Gasteiger partial charge >= 0.3 is 0 Å². The van der Waals surface area contributed by atoms with Crippen LogP contribution in [-0.2, 0) is 0 Å². The molecule has 0 saturated heterocycles. The van der Waals surface area contributed by atoms with Crippen molar-refractivity contribution in [1.29, 1.82) is 0 Å². The van der Waals surface area contributed by atoms with Crippen LogP contribution in [0.3, 0.4) is 0 Å². The largest absolute Gasteiger partial charge is 0.333 e. The van der Waals surface area contributed by atoms with Crippen LogP contribution in [0, 0.1) is 0 Å². The Kier molecular flexibility index (Phi) is 131. The minimum Gasteiger partial charge on any atom is -0.333 e. The predicted molar refractivity (Wildman–Crippen MR) is 28.1 cm³/mol. The Morgan fingerprint density at radius 1 is 1.25 bits per heavy atom. The summed E-state index contributed by atoms with van der Waals surface area (Å²) in [5, 5.41) is 0. The lowest BCUT2D eigenvalue weighted by Crippen LogP contribution is -1.69. The third kappa shape index (κ3) is 16.8. The van der Waals surface area contributed by atoms with E-state index in [0.717, 1.165) is 0 Å². The van der Waals surface area contributed by atoms with E-state index in [2.05, 4.69) is 29.1 Å². The van der Waals surface area contributed by atoms with Gasteiger partial charge in [-0.25, -0.2) is 0 Å². The molecule has 1 nitrogen and oxygen atoms in total. The molecule has 0 amide bonds. The molecule has 0 atom stereocenters. The van der Waals surface area contributed by atoms with Crippen molar-refractivity contribution in [1.82, 2.24) is 0 Å². The summed E-state index contributed by atoms with van der Waals surface area (Å²) < 4.78 is 0. The zero-order chi connectivity index (χ0) is 4.00. The Labute approximate surface area is 36.8 Å². The fourth-order valence-corrected chi connectivity index (χ4v) is 0. The highest BCUT2D eigenvalue weighted by Crippen LogP contribution is 1.65. The van der Waals surface area contributed by atoms with Gasteiger partial charge in [0.1, 0.15) is 0 Å². The molecular weight excluding hydrogens is 90.2 g/mol. The number of thiol groups is 2. The molecular formula is CH7NS2. The fourth-order valence-electron chi connectivity index (χ4n) is 0. The van der Waals surface area contributed by atoms with Crippen molar-refractivity contribution >= 4 is 23.3 Å². The van der Waals surface area contributed by atoms with Crippen molar-refractivity contribution in [2.75, 3.05) is 7.05 Å². The first kappa shape index (κ1) is 8.82. The average Bonchev–Trinajstić information content (AvgIpc) is 1.50. The maximum atomic E-state index is 4.50. The zero-order valence-corrected chi connectivity index (χ0v) is 4.26. The van der Waals surface area contributed by atoms with E-state index in [-0.39, 0.29) is 0 Å². The average molecular weight is 97.2 g/mol. The van der Waals surface area contributed by atoms with E-state index in [1.54, 1.807) is 0 Å². The van der Waals surface area contributed by atoms with Crippen LogP contribution in [0.15, 0.2) is 0 Å². The Hall–Kier alpha value is 0.660. The van der Waals surface area contributed by atoms with Gasteiger partial charge in [-0.3, -0.25) is 0 Å². The number of rotatable bonds is 0. The smallest absolute Gasteiger partial charge is 0.0195 e. The second kappa shape index (κ2) is 59.5. The van der Waals surface area contributed by atoms with E-state index in [1.807, 2.05) is 0 Å². The van der Waals surface area contributed by atoms with Crippen LogP contribution in [0.5, 0.6) is 0 Å². The van der Waals surface area contributed by atoms with E-state index < -0.39 is 0 Å². The summed E-state index contributed by atoms with van der Waals surface area (Å²) >= 11 is 6.44. The van der Waals surface area contributed by atoms with Crippen LogP contribution < -0.4 is 5.73 Å². The van der Waals surface area contributed by atoms with E-state index in [1.165, 1.54) is 7.05 Å². The molecule has 0 rings (SSSR count). The quantitative estimate of drug-likeness (QED) is 0.295. The van der Waals surface area contributed by atoms with Gasteiger partial charge in [0, 0.05) is 0 Å². The van der Waals surface area contributed by atoms with Crippen molar-refractivity contribution in [2.24, 2.45) is 5.73 Å². The molecule has 0 unspecified atom stereocenters. The van der Waals surface area contributed by atoms with Gasteiger partial charge in [0.2, 0.25) is 0 Å². The van der Waals surface area contributed by atoms with Crippen molar-refractivity contribution in [3.05, 3.63) is 0 Å². The summed E-state index contributed by atoms with van der Waals surface area (Å²) in [5.74, 6) is 0. The topological polar surface area (TPSA) is 26.0 Å². The molecule has 0 aliphatic heterocycles. The summed E-state index contributed by atoms with van der Waals surface area (Å²) in [6.07, 6.45) is 0. The second-order valence-electron chi connectivity index (χ2n) is 0. The maximum absolute atomic E-state index is 4.50. The van der Waals surface area contributed by atoms with Crippen molar-refractivity contribution in [3.63, 3.8) is 0 Å². The van der Waals surface area contributed by atoms with Crippen LogP contribution >= 0.6 is 23.3 Å².